The number of hydrogen-bond acceptors (Lipinski definition) is 3. The van der Waals surface area contributed by atoms with E-state index < -0.39 is 0 Å². The lowest BCUT2D eigenvalue weighted by Crippen LogP contribution is -2.22. The molecule has 2 N–H and O–H groups in total. The number of benzene rings is 1. The number of likely N-dealkylation sites (tertiary alicyclic amines) is 1. The van der Waals surface area contributed by atoms with Gasteiger partial charge in [-0.1, -0.05) is 6.07 Å². The fraction of sp³-hybridized carbons (Fsp3) is 0.571. The smallest absolute Gasteiger partial charge is 0.142 e. The van der Waals surface area contributed by atoms with Crippen molar-refractivity contribution in [3.05, 3.63) is 23.8 Å². The van der Waals surface area contributed by atoms with Crippen molar-refractivity contribution in [1.82, 2.24) is 4.90 Å². The first-order valence-corrected chi connectivity index (χ1v) is 6.47. The summed E-state index contributed by atoms with van der Waals surface area (Å²) >= 11 is 0. The Labute approximate surface area is 104 Å². The Balaban J connectivity index is 1.70. The van der Waals surface area contributed by atoms with Gasteiger partial charge in [0.05, 0.1) is 12.3 Å². The highest BCUT2D eigenvalue weighted by atomic mass is 16.5. The van der Waals surface area contributed by atoms with Crippen LogP contribution in [-0.4, -0.2) is 31.1 Å². The highest BCUT2D eigenvalue weighted by Crippen LogP contribution is 2.22. The SMILES string of the molecule is Cc1ccc(OCCCN2CCCC2)c(N)c1. The van der Waals surface area contributed by atoms with Crippen molar-refractivity contribution in [2.24, 2.45) is 0 Å². The molecule has 1 aliphatic heterocycles. The summed E-state index contributed by atoms with van der Waals surface area (Å²) in [6.45, 7) is 6.45. The van der Waals surface area contributed by atoms with Crippen molar-refractivity contribution in [3.8, 4) is 5.75 Å². The normalized spacial score (nSPS) is 16.3. The lowest BCUT2D eigenvalue weighted by Gasteiger charge is -2.15. The van der Waals surface area contributed by atoms with E-state index in [4.69, 9.17) is 10.5 Å². The summed E-state index contributed by atoms with van der Waals surface area (Å²) in [4.78, 5) is 2.50. The highest BCUT2D eigenvalue weighted by molar-refractivity contribution is 5.53. The van der Waals surface area contributed by atoms with E-state index in [-0.39, 0.29) is 0 Å². The van der Waals surface area contributed by atoms with Gasteiger partial charge >= 0.3 is 0 Å². The Bertz CT molecular complexity index is 359. The maximum atomic E-state index is 5.89. The van der Waals surface area contributed by atoms with E-state index in [1.807, 2.05) is 25.1 Å². The second kappa shape index (κ2) is 5.92. The van der Waals surface area contributed by atoms with Crippen LogP contribution in [-0.2, 0) is 0 Å². The third kappa shape index (κ3) is 3.63. The van der Waals surface area contributed by atoms with Gasteiger partial charge in [0.15, 0.2) is 0 Å². The Morgan fingerprint density at radius 2 is 2.06 bits per heavy atom. The van der Waals surface area contributed by atoms with Gasteiger partial charge in [0, 0.05) is 6.54 Å². The Morgan fingerprint density at radius 3 is 2.76 bits per heavy atom. The van der Waals surface area contributed by atoms with Gasteiger partial charge in [0.2, 0.25) is 0 Å². The molecule has 17 heavy (non-hydrogen) atoms. The molecule has 94 valence electrons. The van der Waals surface area contributed by atoms with Gasteiger partial charge in [-0.05, 0) is 57.0 Å². The molecule has 1 saturated heterocycles. The van der Waals surface area contributed by atoms with E-state index in [9.17, 15) is 0 Å². The predicted molar refractivity (Wildman–Crippen MR) is 71.4 cm³/mol. The topological polar surface area (TPSA) is 38.5 Å². The van der Waals surface area contributed by atoms with Crippen LogP contribution in [0.4, 0.5) is 5.69 Å². The number of nitrogens with two attached hydrogens (primary N) is 1. The zero-order valence-corrected chi connectivity index (χ0v) is 10.6. The number of aryl methyl sites for hydroxylation is 1. The van der Waals surface area contributed by atoms with Gasteiger partial charge < -0.3 is 15.4 Å². The van der Waals surface area contributed by atoms with Crippen LogP contribution in [0.15, 0.2) is 18.2 Å². The second-order valence-electron chi connectivity index (χ2n) is 4.79. The van der Waals surface area contributed by atoms with Crippen molar-refractivity contribution in [3.63, 3.8) is 0 Å². The molecule has 0 atom stereocenters. The van der Waals surface area contributed by atoms with E-state index in [1.54, 1.807) is 0 Å². The minimum atomic E-state index is 0.742. The van der Waals surface area contributed by atoms with Crippen molar-refractivity contribution in [1.29, 1.82) is 0 Å². The standard InChI is InChI=1S/C14H22N2O/c1-12-5-6-14(13(15)11-12)17-10-4-9-16-7-2-3-8-16/h5-6,11H,2-4,7-10,15H2,1H3. The molecule has 1 heterocycles. The molecule has 3 heteroatoms. The summed E-state index contributed by atoms with van der Waals surface area (Å²) in [6, 6.07) is 5.95. The van der Waals surface area contributed by atoms with Crippen molar-refractivity contribution in [2.75, 3.05) is 32.0 Å². The third-order valence-corrected chi connectivity index (χ3v) is 3.24. The lowest BCUT2D eigenvalue weighted by atomic mass is 10.2. The summed E-state index contributed by atoms with van der Waals surface area (Å²) in [5, 5.41) is 0. The molecule has 0 saturated carbocycles. The number of anilines is 1. The number of ether oxygens (including phenoxy) is 1. The minimum absolute atomic E-state index is 0.742. The minimum Gasteiger partial charge on any atom is -0.491 e. The second-order valence-corrected chi connectivity index (χ2v) is 4.79. The van der Waals surface area contributed by atoms with Gasteiger partial charge in [-0.25, -0.2) is 0 Å². The van der Waals surface area contributed by atoms with E-state index >= 15 is 0 Å². The zero-order valence-electron chi connectivity index (χ0n) is 10.6. The van der Waals surface area contributed by atoms with E-state index in [0.29, 0.717) is 0 Å². The monoisotopic (exact) mass is 234 g/mol. The fourth-order valence-electron chi connectivity index (χ4n) is 2.28. The molecule has 0 bridgehead atoms. The van der Waals surface area contributed by atoms with Gasteiger partial charge in [-0.3, -0.25) is 0 Å². The first-order chi connectivity index (χ1) is 8.25. The van der Waals surface area contributed by atoms with Crippen molar-refractivity contribution in [2.45, 2.75) is 26.2 Å². The molecular weight excluding hydrogens is 212 g/mol. The molecule has 0 radical (unpaired) electrons. The van der Waals surface area contributed by atoms with Crippen molar-refractivity contribution < 1.29 is 4.74 Å². The average Bonchev–Trinajstić information content (AvgIpc) is 2.79. The van der Waals surface area contributed by atoms with Crippen LogP contribution in [0.3, 0.4) is 0 Å². The van der Waals surface area contributed by atoms with Crippen LogP contribution >= 0.6 is 0 Å². The molecule has 1 fully saturated rings. The predicted octanol–water partition coefficient (Wildman–Crippen LogP) is 2.44. The Hall–Kier alpha value is -1.22. The number of nitrogens with zero attached hydrogens (tertiary/aromatic N) is 1. The van der Waals surface area contributed by atoms with Crippen LogP contribution in [0.25, 0.3) is 0 Å². The summed E-state index contributed by atoms with van der Waals surface area (Å²) < 4.78 is 5.70. The summed E-state index contributed by atoms with van der Waals surface area (Å²) in [6.07, 6.45) is 3.78. The van der Waals surface area contributed by atoms with Gasteiger partial charge in [-0.15, -0.1) is 0 Å². The number of nitrogen functional groups attached to an aromatic ring is 1. The molecule has 0 aromatic heterocycles. The van der Waals surface area contributed by atoms with Gasteiger partial charge in [-0.2, -0.15) is 0 Å². The van der Waals surface area contributed by atoms with E-state index in [1.165, 1.54) is 31.5 Å². The summed E-state index contributed by atoms with van der Waals surface area (Å²) in [7, 11) is 0. The van der Waals surface area contributed by atoms with Gasteiger partial charge in [0.25, 0.3) is 0 Å². The van der Waals surface area contributed by atoms with Crippen LogP contribution in [0.2, 0.25) is 0 Å². The Morgan fingerprint density at radius 1 is 1.29 bits per heavy atom. The van der Waals surface area contributed by atoms with Crippen LogP contribution in [0, 0.1) is 6.92 Å². The maximum Gasteiger partial charge on any atom is 0.142 e. The first-order valence-electron chi connectivity index (χ1n) is 6.47. The molecule has 0 spiro atoms. The third-order valence-electron chi connectivity index (χ3n) is 3.24. The fourth-order valence-corrected chi connectivity index (χ4v) is 2.28. The molecule has 1 aliphatic rings. The average molecular weight is 234 g/mol. The molecular formula is C14H22N2O. The number of rotatable bonds is 5. The highest BCUT2D eigenvalue weighted by Gasteiger charge is 2.10. The molecule has 0 amide bonds. The zero-order chi connectivity index (χ0) is 12.1. The lowest BCUT2D eigenvalue weighted by molar-refractivity contribution is 0.264. The largest absolute Gasteiger partial charge is 0.491 e. The van der Waals surface area contributed by atoms with Gasteiger partial charge in [0.1, 0.15) is 5.75 Å². The molecule has 2 rings (SSSR count). The Kier molecular flexibility index (Phi) is 4.26. The molecule has 3 nitrogen and oxygen atoms in total. The quantitative estimate of drug-likeness (QED) is 0.628. The maximum absolute atomic E-state index is 5.89. The summed E-state index contributed by atoms with van der Waals surface area (Å²) in [5.41, 5.74) is 7.81. The summed E-state index contributed by atoms with van der Waals surface area (Å²) in [5.74, 6) is 0.817. The van der Waals surface area contributed by atoms with E-state index in [0.717, 1.165) is 31.0 Å². The van der Waals surface area contributed by atoms with Crippen LogP contribution < -0.4 is 10.5 Å². The van der Waals surface area contributed by atoms with E-state index in [2.05, 4.69) is 4.90 Å². The van der Waals surface area contributed by atoms with Crippen LogP contribution in [0.5, 0.6) is 5.75 Å². The molecule has 1 aromatic carbocycles. The van der Waals surface area contributed by atoms with Crippen LogP contribution in [0.1, 0.15) is 24.8 Å². The molecule has 0 aliphatic carbocycles. The van der Waals surface area contributed by atoms with Crippen molar-refractivity contribution >= 4 is 5.69 Å². The first kappa shape index (κ1) is 12.2. The molecule has 0 unspecified atom stereocenters. The number of hydrogen-bond donors (Lipinski definition) is 1. The molecule has 1 aromatic rings.